The number of sulfonamides is 2. The fraction of sp³-hybridized carbons (Fsp3) is 0.700. The number of piperazine rings is 1. The first-order valence-corrected chi connectivity index (χ1v) is 9.58. The van der Waals surface area contributed by atoms with Gasteiger partial charge in [0, 0.05) is 33.2 Å². The summed E-state index contributed by atoms with van der Waals surface area (Å²) in [7, 11) is -5.45. The van der Waals surface area contributed by atoms with Gasteiger partial charge < -0.3 is 5.73 Å². The monoisotopic (exact) mass is 337 g/mol. The fourth-order valence-electron chi connectivity index (χ4n) is 2.30. The molecule has 0 atom stereocenters. The van der Waals surface area contributed by atoms with Gasteiger partial charge in [-0.05, 0) is 6.92 Å². The Balaban J connectivity index is 2.27. The quantitative estimate of drug-likeness (QED) is 0.723. The zero-order valence-electron chi connectivity index (χ0n) is 12.1. The molecule has 2 N–H and O–H groups in total. The SMILES string of the molecule is Cc1c(S(=O)(=O)N2CCN(S(C)(=O)=O)CC2)c(N)nn1C. The van der Waals surface area contributed by atoms with Crippen molar-refractivity contribution in [2.75, 3.05) is 38.2 Å². The van der Waals surface area contributed by atoms with E-state index in [1.54, 1.807) is 14.0 Å². The zero-order chi connectivity index (χ0) is 16.0. The van der Waals surface area contributed by atoms with Crippen LogP contribution in [-0.2, 0) is 27.1 Å². The Morgan fingerprint density at radius 1 is 1.05 bits per heavy atom. The highest BCUT2D eigenvalue weighted by molar-refractivity contribution is 7.89. The maximum atomic E-state index is 12.6. The second-order valence-electron chi connectivity index (χ2n) is 4.99. The van der Waals surface area contributed by atoms with Crippen molar-refractivity contribution < 1.29 is 16.8 Å². The Labute approximate surface area is 124 Å². The van der Waals surface area contributed by atoms with E-state index in [0.717, 1.165) is 6.26 Å². The molecule has 120 valence electrons. The first-order valence-electron chi connectivity index (χ1n) is 6.29. The van der Waals surface area contributed by atoms with Crippen LogP contribution in [0.25, 0.3) is 0 Å². The molecule has 9 nitrogen and oxygen atoms in total. The lowest BCUT2D eigenvalue weighted by Gasteiger charge is -2.32. The summed E-state index contributed by atoms with van der Waals surface area (Å²) in [5.41, 5.74) is 6.14. The van der Waals surface area contributed by atoms with Crippen LogP contribution in [0.2, 0.25) is 0 Å². The zero-order valence-corrected chi connectivity index (χ0v) is 13.8. The van der Waals surface area contributed by atoms with Crippen molar-refractivity contribution in [1.29, 1.82) is 0 Å². The van der Waals surface area contributed by atoms with E-state index in [1.807, 2.05) is 0 Å². The van der Waals surface area contributed by atoms with E-state index in [-0.39, 0.29) is 36.9 Å². The normalized spacial score (nSPS) is 19.0. The average molecular weight is 337 g/mol. The number of aromatic nitrogens is 2. The number of nitrogens with two attached hydrogens (primary N) is 1. The Hall–Kier alpha value is -1.17. The summed E-state index contributed by atoms with van der Waals surface area (Å²) in [5.74, 6) is -0.0412. The number of anilines is 1. The van der Waals surface area contributed by atoms with Crippen LogP contribution >= 0.6 is 0 Å². The van der Waals surface area contributed by atoms with Gasteiger partial charge in [-0.1, -0.05) is 0 Å². The minimum atomic E-state index is -3.77. The molecule has 2 heterocycles. The molecule has 0 amide bonds. The largest absolute Gasteiger partial charge is 0.381 e. The van der Waals surface area contributed by atoms with E-state index >= 15 is 0 Å². The molecule has 2 rings (SSSR count). The topological polar surface area (TPSA) is 119 Å². The first kappa shape index (κ1) is 16.2. The minimum absolute atomic E-state index is 0.00203. The van der Waals surface area contributed by atoms with Crippen LogP contribution in [0, 0.1) is 6.92 Å². The van der Waals surface area contributed by atoms with Crippen LogP contribution in [0.15, 0.2) is 4.90 Å². The molecule has 0 unspecified atom stereocenters. The van der Waals surface area contributed by atoms with Crippen LogP contribution in [-0.4, -0.2) is 67.7 Å². The Kier molecular flexibility index (Phi) is 4.04. The molecule has 11 heteroatoms. The number of hydrogen-bond acceptors (Lipinski definition) is 6. The number of aryl methyl sites for hydroxylation is 1. The molecule has 0 saturated carbocycles. The lowest BCUT2D eigenvalue weighted by molar-refractivity contribution is 0.274. The van der Waals surface area contributed by atoms with E-state index in [2.05, 4.69) is 5.10 Å². The molecule has 1 saturated heterocycles. The van der Waals surface area contributed by atoms with E-state index in [4.69, 9.17) is 5.73 Å². The fourth-order valence-corrected chi connectivity index (χ4v) is 4.84. The Morgan fingerprint density at radius 2 is 1.52 bits per heavy atom. The molecule has 0 aliphatic carbocycles. The van der Waals surface area contributed by atoms with Crippen molar-refractivity contribution in [3.8, 4) is 0 Å². The first-order chi connectivity index (χ1) is 9.55. The molecule has 1 aromatic heterocycles. The van der Waals surface area contributed by atoms with Gasteiger partial charge in [-0.15, -0.1) is 0 Å². The van der Waals surface area contributed by atoms with Gasteiger partial charge in [0.25, 0.3) is 0 Å². The lowest BCUT2D eigenvalue weighted by atomic mass is 10.4. The van der Waals surface area contributed by atoms with Crippen LogP contribution < -0.4 is 5.73 Å². The molecule has 1 aliphatic heterocycles. The average Bonchev–Trinajstić information content (AvgIpc) is 2.62. The van der Waals surface area contributed by atoms with Crippen molar-refractivity contribution in [2.45, 2.75) is 11.8 Å². The maximum Gasteiger partial charge on any atom is 0.248 e. The predicted octanol–water partition coefficient (Wildman–Crippen LogP) is -1.42. The molecular weight excluding hydrogens is 318 g/mol. The van der Waals surface area contributed by atoms with Gasteiger partial charge in [0.05, 0.1) is 11.9 Å². The van der Waals surface area contributed by atoms with Crippen molar-refractivity contribution in [1.82, 2.24) is 18.4 Å². The van der Waals surface area contributed by atoms with Crippen molar-refractivity contribution in [2.24, 2.45) is 7.05 Å². The van der Waals surface area contributed by atoms with Crippen molar-refractivity contribution in [3.05, 3.63) is 5.69 Å². The minimum Gasteiger partial charge on any atom is -0.381 e. The third-order valence-electron chi connectivity index (χ3n) is 3.57. The van der Waals surface area contributed by atoms with Crippen molar-refractivity contribution >= 4 is 25.9 Å². The van der Waals surface area contributed by atoms with Gasteiger partial charge in [-0.3, -0.25) is 4.68 Å². The van der Waals surface area contributed by atoms with Crippen molar-refractivity contribution in [3.63, 3.8) is 0 Å². The third kappa shape index (κ3) is 2.91. The molecule has 1 aromatic rings. The Morgan fingerprint density at radius 3 is 1.90 bits per heavy atom. The van der Waals surface area contributed by atoms with Crippen LogP contribution in [0.4, 0.5) is 5.82 Å². The van der Waals surface area contributed by atoms with Gasteiger partial charge >= 0.3 is 0 Å². The number of rotatable bonds is 3. The van der Waals surface area contributed by atoms with Gasteiger partial charge in [0.2, 0.25) is 20.0 Å². The molecule has 1 fully saturated rings. The van der Waals surface area contributed by atoms with Gasteiger partial charge in [-0.2, -0.15) is 13.7 Å². The van der Waals surface area contributed by atoms with Crippen LogP contribution in [0.5, 0.6) is 0 Å². The smallest absolute Gasteiger partial charge is 0.248 e. The summed E-state index contributed by atoms with van der Waals surface area (Å²) < 4.78 is 52.1. The van der Waals surface area contributed by atoms with Gasteiger partial charge in [0.15, 0.2) is 5.82 Å². The van der Waals surface area contributed by atoms with E-state index < -0.39 is 20.0 Å². The summed E-state index contributed by atoms with van der Waals surface area (Å²) in [6.45, 7) is 2.10. The van der Waals surface area contributed by atoms with Gasteiger partial charge in [-0.25, -0.2) is 16.8 Å². The highest BCUT2D eigenvalue weighted by Crippen LogP contribution is 2.26. The van der Waals surface area contributed by atoms with E-state index in [1.165, 1.54) is 13.3 Å². The highest BCUT2D eigenvalue weighted by atomic mass is 32.2. The molecular formula is C10H19N5O4S2. The number of nitrogens with zero attached hydrogens (tertiary/aromatic N) is 4. The predicted molar refractivity (Wildman–Crippen MR) is 77.5 cm³/mol. The second kappa shape index (κ2) is 5.23. The second-order valence-corrected chi connectivity index (χ2v) is 8.85. The van der Waals surface area contributed by atoms with Gasteiger partial charge in [0.1, 0.15) is 4.90 Å². The molecule has 0 bridgehead atoms. The van der Waals surface area contributed by atoms with Crippen LogP contribution in [0.3, 0.4) is 0 Å². The van der Waals surface area contributed by atoms with Crippen LogP contribution in [0.1, 0.15) is 5.69 Å². The summed E-state index contributed by atoms with van der Waals surface area (Å²) >= 11 is 0. The van der Waals surface area contributed by atoms with E-state index in [0.29, 0.717) is 5.69 Å². The summed E-state index contributed by atoms with van der Waals surface area (Å²) in [4.78, 5) is -0.00203. The molecule has 21 heavy (non-hydrogen) atoms. The molecule has 0 radical (unpaired) electrons. The molecule has 0 aromatic carbocycles. The summed E-state index contributed by atoms with van der Waals surface area (Å²) in [6, 6.07) is 0. The number of hydrogen-bond donors (Lipinski definition) is 1. The Bertz CT molecular complexity index is 745. The van der Waals surface area contributed by atoms with E-state index in [9.17, 15) is 16.8 Å². The number of nitrogen functional groups attached to an aromatic ring is 1. The molecule has 1 aliphatic rings. The maximum absolute atomic E-state index is 12.6. The highest BCUT2D eigenvalue weighted by Gasteiger charge is 2.35. The summed E-state index contributed by atoms with van der Waals surface area (Å²) in [5, 5.41) is 3.91. The third-order valence-corrected chi connectivity index (χ3v) is 6.94. The molecule has 0 spiro atoms. The summed E-state index contributed by atoms with van der Waals surface area (Å²) in [6.07, 6.45) is 1.11. The standard InChI is InChI=1S/C10H19N5O4S2/c1-8-9(10(11)12-13(8)2)21(18,19)15-6-4-14(5-7-15)20(3,16)17/h4-7H2,1-3H3,(H2,11,12). The lowest BCUT2D eigenvalue weighted by Crippen LogP contribution is -2.50.